The first kappa shape index (κ1) is 14.9. The molecule has 3 rings (SSSR count). The summed E-state index contributed by atoms with van der Waals surface area (Å²) >= 11 is 6.03. The van der Waals surface area contributed by atoms with Crippen LogP contribution in [-0.4, -0.2) is 24.0 Å². The van der Waals surface area contributed by atoms with Crippen molar-refractivity contribution in [3.8, 4) is 0 Å². The Balaban J connectivity index is 1.68. The Morgan fingerprint density at radius 3 is 2.55 bits per heavy atom. The number of nitrogens with one attached hydrogen (secondary N) is 1. The first-order chi connectivity index (χ1) is 10.7. The van der Waals surface area contributed by atoms with Gasteiger partial charge < -0.3 is 10.2 Å². The minimum absolute atomic E-state index is 0.224. The van der Waals surface area contributed by atoms with E-state index in [0.717, 1.165) is 18.9 Å². The molecule has 0 spiro atoms. The highest BCUT2D eigenvalue weighted by Crippen LogP contribution is 2.20. The van der Waals surface area contributed by atoms with Crippen LogP contribution in [-0.2, 0) is 0 Å². The minimum Gasteiger partial charge on any atom is -0.357 e. The lowest BCUT2D eigenvalue weighted by Crippen LogP contribution is -2.30. The molecule has 0 bridgehead atoms. The van der Waals surface area contributed by atoms with E-state index in [2.05, 4.69) is 15.2 Å². The number of pyridine rings is 1. The second-order valence-electron chi connectivity index (χ2n) is 5.39. The number of aromatic nitrogens is 1. The van der Waals surface area contributed by atoms with E-state index in [1.807, 2.05) is 12.1 Å². The van der Waals surface area contributed by atoms with Crippen molar-refractivity contribution in [1.29, 1.82) is 0 Å². The average Bonchev–Trinajstić information content (AvgIpc) is 2.57. The highest BCUT2D eigenvalue weighted by atomic mass is 35.5. The number of benzene rings is 1. The standard InChI is InChI=1S/C17H18ClN3O/c18-15-7-3-2-6-14(15)17(22)20-13-8-9-16(19-12-13)21-10-4-1-5-11-21/h2-3,6-9,12H,1,4-5,10-11H2,(H,20,22). The van der Waals surface area contributed by atoms with Gasteiger partial charge in [0.05, 0.1) is 22.5 Å². The third-order valence-electron chi connectivity index (χ3n) is 3.80. The Bertz CT molecular complexity index is 651. The Labute approximate surface area is 135 Å². The second kappa shape index (κ2) is 6.79. The third kappa shape index (κ3) is 3.39. The van der Waals surface area contributed by atoms with Gasteiger partial charge in [-0.3, -0.25) is 4.79 Å². The summed E-state index contributed by atoms with van der Waals surface area (Å²) in [7, 11) is 0. The van der Waals surface area contributed by atoms with Gasteiger partial charge in [-0.25, -0.2) is 4.98 Å². The van der Waals surface area contributed by atoms with Crippen LogP contribution in [0.2, 0.25) is 5.02 Å². The quantitative estimate of drug-likeness (QED) is 0.932. The van der Waals surface area contributed by atoms with Crippen LogP contribution in [0.15, 0.2) is 42.6 Å². The molecular formula is C17H18ClN3O. The summed E-state index contributed by atoms with van der Waals surface area (Å²) in [6.45, 7) is 2.11. The fourth-order valence-corrected chi connectivity index (χ4v) is 2.84. The van der Waals surface area contributed by atoms with Crippen LogP contribution >= 0.6 is 11.6 Å². The second-order valence-corrected chi connectivity index (χ2v) is 5.79. The summed E-state index contributed by atoms with van der Waals surface area (Å²) in [5, 5.41) is 3.27. The molecule has 114 valence electrons. The zero-order chi connectivity index (χ0) is 15.4. The zero-order valence-corrected chi connectivity index (χ0v) is 13.0. The number of nitrogens with zero attached hydrogens (tertiary/aromatic N) is 2. The summed E-state index contributed by atoms with van der Waals surface area (Å²) < 4.78 is 0. The lowest BCUT2D eigenvalue weighted by Gasteiger charge is -2.27. The van der Waals surface area contributed by atoms with Gasteiger partial charge in [-0.2, -0.15) is 0 Å². The smallest absolute Gasteiger partial charge is 0.257 e. The Hall–Kier alpha value is -2.07. The molecule has 1 amide bonds. The van der Waals surface area contributed by atoms with E-state index in [1.165, 1.54) is 19.3 Å². The molecule has 1 N–H and O–H groups in total. The molecule has 2 heterocycles. The molecule has 0 unspecified atom stereocenters. The number of hydrogen-bond acceptors (Lipinski definition) is 3. The summed E-state index contributed by atoms with van der Waals surface area (Å²) in [6, 6.07) is 10.8. The maximum absolute atomic E-state index is 12.2. The van der Waals surface area contributed by atoms with E-state index in [0.29, 0.717) is 16.3 Å². The Kier molecular flexibility index (Phi) is 4.59. The van der Waals surface area contributed by atoms with Crippen LogP contribution in [0.3, 0.4) is 0 Å². The molecule has 1 aromatic heterocycles. The van der Waals surface area contributed by atoms with Crippen LogP contribution in [0.1, 0.15) is 29.6 Å². The van der Waals surface area contributed by atoms with Gasteiger partial charge in [0.25, 0.3) is 5.91 Å². The van der Waals surface area contributed by atoms with Crippen molar-refractivity contribution in [2.75, 3.05) is 23.3 Å². The Morgan fingerprint density at radius 2 is 1.86 bits per heavy atom. The molecule has 2 aromatic rings. The molecule has 4 nitrogen and oxygen atoms in total. The number of anilines is 2. The maximum Gasteiger partial charge on any atom is 0.257 e. The van der Waals surface area contributed by atoms with Gasteiger partial charge in [-0.1, -0.05) is 23.7 Å². The summed E-state index contributed by atoms with van der Waals surface area (Å²) in [5.41, 5.74) is 1.13. The Morgan fingerprint density at radius 1 is 1.09 bits per heavy atom. The molecular weight excluding hydrogens is 298 g/mol. The molecule has 5 heteroatoms. The van der Waals surface area contributed by atoms with E-state index in [9.17, 15) is 4.79 Å². The normalized spacial score (nSPS) is 14.7. The number of carbonyl (C=O) groups excluding carboxylic acids is 1. The van der Waals surface area contributed by atoms with Gasteiger partial charge in [0.15, 0.2) is 0 Å². The van der Waals surface area contributed by atoms with Crippen LogP contribution in [0, 0.1) is 0 Å². The lowest BCUT2D eigenvalue weighted by atomic mass is 10.1. The van der Waals surface area contributed by atoms with Crippen LogP contribution in [0.5, 0.6) is 0 Å². The van der Waals surface area contributed by atoms with Crippen LogP contribution in [0.25, 0.3) is 0 Å². The summed E-state index contributed by atoms with van der Waals surface area (Å²) in [4.78, 5) is 18.9. The molecule has 1 fully saturated rings. The van der Waals surface area contributed by atoms with Gasteiger partial charge in [-0.15, -0.1) is 0 Å². The van der Waals surface area contributed by atoms with Gasteiger partial charge >= 0.3 is 0 Å². The van der Waals surface area contributed by atoms with E-state index >= 15 is 0 Å². The first-order valence-corrected chi connectivity index (χ1v) is 7.89. The number of piperidine rings is 1. The van der Waals surface area contributed by atoms with Crippen LogP contribution < -0.4 is 10.2 Å². The number of rotatable bonds is 3. The molecule has 0 aliphatic carbocycles. The summed E-state index contributed by atoms with van der Waals surface area (Å²) in [6.07, 6.45) is 5.42. The van der Waals surface area contributed by atoms with Gasteiger partial charge in [0.2, 0.25) is 0 Å². The van der Waals surface area contributed by atoms with Gasteiger partial charge in [-0.05, 0) is 43.5 Å². The molecule has 0 atom stereocenters. The third-order valence-corrected chi connectivity index (χ3v) is 4.13. The van der Waals surface area contributed by atoms with E-state index in [4.69, 9.17) is 11.6 Å². The fraction of sp³-hybridized carbons (Fsp3) is 0.294. The molecule has 0 radical (unpaired) electrons. The fourth-order valence-electron chi connectivity index (χ4n) is 2.61. The predicted molar refractivity (Wildman–Crippen MR) is 89.7 cm³/mol. The topological polar surface area (TPSA) is 45.2 Å². The highest BCUT2D eigenvalue weighted by molar-refractivity contribution is 6.34. The molecule has 1 aliphatic rings. The van der Waals surface area contributed by atoms with Gasteiger partial charge in [0.1, 0.15) is 5.82 Å². The minimum atomic E-state index is -0.224. The molecule has 1 aliphatic heterocycles. The number of amides is 1. The van der Waals surface area contributed by atoms with Gasteiger partial charge in [0, 0.05) is 13.1 Å². The SMILES string of the molecule is O=C(Nc1ccc(N2CCCCC2)nc1)c1ccccc1Cl. The summed E-state index contributed by atoms with van der Waals surface area (Å²) in [5.74, 6) is 0.744. The maximum atomic E-state index is 12.2. The number of hydrogen-bond donors (Lipinski definition) is 1. The number of carbonyl (C=O) groups is 1. The van der Waals surface area contributed by atoms with Crippen molar-refractivity contribution in [3.63, 3.8) is 0 Å². The first-order valence-electron chi connectivity index (χ1n) is 7.51. The van der Waals surface area contributed by atoms with Crippen molar-refractivity contribution in [3.05, 3.63) is 53.2 Å². The molecule has 22 heavy (non-hydrogen) atoms. The zero-order valence-electron chi connectivity index (χ0n) is 12.3. The molecule has 1 aromatic carbocycles. The highest BCUT2D eigenvalue weighted by Gasteiger charge is 2.13. The van der Waals surface area contributed by atoms with Crippen LogP contribution in [0.4, 0.5) is 11.5 Å². The average molecular weight is 316 g/mol. The van der Waals surface area contributed by atoms with E-state index in [-0.39, 0.29) is 5.91 Å². The van der Waals surface area contributed by atoms with Crippen molar-refractivity contribution in [2.45, 2.75) is 19.3 Å². The predicted octanol–water partition coefficient (Wildman–Crippen LogP) is 3.98. The molecule has 1 saturated heterocycles. The van der Waals surface area contributed by atoms with E-state index in [1.54, 1.807) is 30.5 Å². The molecule has 0 saturated carbocycles. The lowest BCUT2D eigenvalue weighted by molar-refractivity contribution is 0.102. The van der Waals surface area contributed by atoms with Crippen molar-refractivity contribution < 1.29 is 4.79 Å². The van der Waals surface area contributed by atoms with E-state index < -0.39 is 0 Å². The largest absolute Gasteiger partial charge is 0.357 e. The van der Waals surface area contributed by atoms with Crippen molar-refractivity contribution in [2.24, 2.45) is 0 Å². The van der Waals surface area contributed by atoms with Crippen molar-refractivity contribution >= 4 is 29.0 Å². The monoisotopic (exact) mass is 315 g/mol. The van der Waals surface area contributed by atoms with Crippen molar-refractivity contribution in [1.82, 2.24) is 4.98 Å². The number of halogens is 1.